The van der Waals surface area contributed by atoms with Crippen molar-refractivity contribution in [3.05, 3.63) is 22.7 Å². The van der Waals surface area contributed by atoms with E-state index in [1.54, 1.807) is 4.68 Å². The highest BCUT2D eigenvalue weighted by atomic mass is 32.1. The summed E-state index contributed by atoms with van der Waals surface area (Å²) in [6.07, 6.45) is 2.27. The van der Waals surface area contributed by atoms with Gasteiger partial charge in [0, 0.05) is 6.42 Å². The van der Waals surface area contributed by atoms with Crippen LogP contribution in [0.3, 0.4) is 0 Å². The fourth-order valence-electron chi connectivity index (χ4n) is 1.37. The van der Waals surface area contributed by atoms with Gasteiger partial charge in [-0.05, 0) is 6.92 Å². The van der Waals surface area contributed by atoms with Crippen LogP contribution in [0.2, 0.25) is 0 Å². The zero-order chi connectivity index (χ0) is 12.4. The smallest absolute Gasteiger partial charge is 0.213 e. The summed E-state index contributed by atoms with van der Waals surface area (Å²) in [6, 6.07) is 1.83. The first kappa shape index (κ1) is 11.7. The van der Waals surface area contributed by atoms with Crippen molar-refractivity contribution in [1.82, 2.24) is 19.7 Å². The molecule has 0 saturated heterocycles. The first-order valence-corrected chi connectivity index (χ1v) is 6.05. The second-order valence-electron chi connectivity index (χ2n) is 3.56. The molecule has 7 heteroatoms. The fourth-order valence-corrected chi connectivity index (χ4v) is 2.04. The summed E-state index contributed by atoms with van der Waals surface area (Å²) in [5, 5.41) is 13.7. The van der Waals surface area contributed by atoms with Crippen LogP contribution in [-0.4, -0.2) is 19.7 Å². The third kappa shape index (κ3) is 2.18. The Labute approximate surface area is 103 Å². The molecule has 0 spiro atoms. The third-order valence-electron chi connectivity index (χ3n) is 2.18. The predicted octanol–water partition coefficient (Wildman–Crippen LogP) is 1.18. The number of nitriles is 1. The van der Waals surface area contributed by atoms with E-state index in [0.29, 0.717) is 15.8 Å². The first-order valence-electron chi connectivity index (χ1n) is 5.23. The van der Waals surface area contributed by atoms with Gasteiger partial charge >= 0.3 is 0 Å². The SMILES string of the molecule is CCc1nc([C@H](C)N)n(-c2ncc(C#N)s2)n1. The Morgan fingerprint density at radius 1 is 1.65 bits per heavy atom. The van der Waals surface area contributed by atoms with Crippen molar-refractivity contribution in [2.75, 3.05) is 0 Å². The Hall–Kier alpha value is -1.78. The maximum absolute atomic E-state index is 8.78. The molecular formula is C10H12N6S. The molecule has 0 aromatic carbocycles. The van der Waals surface area contributed by atoms with Crippen LogP contribution in [0.4, 0.5) is 0 Å². The third-order valence-corrected chi connectivity index (χ3v) is 3.06. The summed E-state index contributed by atoms with van der Waals surface area (Å²) in [6.45, 7) is 3.83. The molecule has 2 rings (SSSR count). The second kappa shape index (κ2) is 4.61. The van der Waals surface area contributed by atoms with Crippen molar-refractivity contribution < 1.29 is 0 Å². The van der Waals surface area contributed by atoms with E-state index < -0.39 is 0 Å². The fraction of sp³-hybridized carbons (Fsp3) is 0.400. The summed E-state index contributed by atoms with van der Waals surface area (Å²) in [4.78, 5) is 9.04. The minimum absolute atomic E-state index is 0.225. The summed E-state index contributed by atoms with van der Waals surface area (Å²) >= 11 is 1.27. The molecule has 0 aliphatic carbocycles. The van der Waals surface area contributed by atoms with Crippen LogP contribution in [0, 0.1) is 11.3 Å². The number of nitrogens with zero attached hydrogens (tertiary/aromatic N) is 5. The standard InChI is InChI=1S/C10H12N6S/c1-3-8-14-9(6(2)12)16(15-8)10-13-5-7(4-11)17-10/h5-6H,3,12H2,1-2H3/t6-/m0/s1. The van der Waals surface area contributed by atoms with Crippen molar-refractivity contribution in [2.45, 2.75) is 26.3 Å². The Bertz CT molecular complexity index is 562. The molecule has 0 amide bonds. The van der Waals surface area contributed by atoms with Gasteiger partial charge in [0.1, 0.15) is 10.9 Å². The highest BCUT2D eigenvalue weighted by Crippen LogP contribution is 2.19. The van der Waals surface area contributed by atoms with E-state index in [2.05, 4.69) is 15.1 Å². The lowest BCUT2D eigenvalue weighted by Gasteiger charge is -2.04. The number of rotatable bonds is 3. The minimum Gasteiger partial charge on any atom is -0.322 e. The van der Waals surface area contributed by atoms with Gasteiger partial charge in [-0.1, -0.05) is 18.3 Å². The molecule has 0 aliphatic heterocycles. The average molecular weight is 248 g/mol. The molecule has 2 N–H and O–H groups in total. The summed E-state index contributed by atoms with van der Waals surface area (Å²) in [5.74, 6) is 1.40. The Morgan fingerprint density at radius 2 is 2.41 bits per heavy atom. The van der Waals surface area contributed by atoms with E-state index in [1.165, 1.54) is 17.5 Å². The van der Waals surface area contributed by atoms with Crippen LogP contribution >= 0.6 is 11.3 Å². The molecule has 2 aromatic heterocycles. The number of aryl methyl sites for hydroxylation is 1. The maximum Gasteiger partial charge on any atom is 0.213 e. The van der Waals surface area contributed by atoms with E-state index in [9.17, 15) is 0 Å². The van der Waals surface area contributed by atoms with Gasteiger partial charge in [0.15, 0.2) is 11.6 Å². The molecule has 0 bridgehead atoms. The Balaban J connectivity index is 2.50. The quantitative estimate of drug-likeness (QED) is 0.880. The van der Waals surface area contributed by atoms with Crippen molar-refractivity contribution in [3.63, 3.8) is 0 Å². The van der Waals surface area contributed by atoms with Gasteiger partial charge in [0.25, 0.3) is 0 Å². The lowest BCUT2D eigenvalue weighted by Crippen LogP contribution is -2.13. The molecule has 2 heterocycles. The summed E-state index contributed by atoms with van der Waals surface area (Å²) < 4.78 is 1.62. The van der Waals surface area contributed by atoms with Gasteiger partial charge in [-0.3, -0.25) is 0 Å². The Morgan fingerprint density at radius 3 is 2.94 bits per heavy atom. The van der Waals surface area contributed by atoms with Crippen LogP contribution in [0.5, 0.6) is 0 Å². The van der Waals surface area contributed by atoms with E-state index >= 15 is 0 Å². The number of nitrogens with two attached hydrogens (primary N) is 1. The number of aromatic nitrogens is 4. The molecule has 0 saturated carbocycles. The van der Waals surface area contributed by atoms with E-state index in [-0.39, 0.29) is 6.04 Å². The molecule has 0 aliphatic rings. The van der Waals surface area contributed by atoms with Crippen LogP contribution in [0.1, 0.15) is 36.4 Å². The van der Waals surface area contributed by atoms with Crippen molar-refractivity contribution in [3.8, 4) is 11.2 Å². The number of hydrogen-bond donors (Lipinski definition) is 1. The lowest BCUT2D eigenvalue weighted by atomic mass is 10.3. The first-order chi connectivity index (χ1) is 8.15. The summed E-state index contributed by atoms with van der Waals surface area (Å²) in [5.41, 5.74) is 5.85. The highest BCUT2D eigenvalue weighted by Gasteiger charge is 2.16. The molecule has 88 valence electrons. The van der Waals surface area contributed by atoms with E-state index in [0.717, 1.165) is 12.2 Å². The average Bonchev–Trinajstić information content (AvgIpc) is 2.94. The zero-order valence-electron chi connectivity index (χ0n) is 9.58. The Kier molecular flexibility index (Phi) is 3.17. The maximum atomic E-state index is 8.78. The molecular weight excluding hydrogens is 236 g/mol. The van der Waals surface area contributed by atoms with Crippen molar-refractivity contribution in [2.24, 2.45) is 5.73 Å². The monoisotopic (exact) mass is 248 g/mol. The topological polar surface area (TPSA) is 93.4 Å². The predicted molar refractivity (Wildman–Crippen MR) is 63.7 cm³/mol. The van der Waals surface area contributed by atoms with E-state index in [1.807, 2.05) is 19.9 Å². The molecule has 6 nitrogen and oxygen atoms in total. The molecule has 1 atom stereocenters. The van der Waals surface area contributed by atoms with Crippen LogP contribution < -0.4 is 5.73 Å². The molecule has 0 radical (unpaired) electrons. The van der Waals surface area contributed by atoms with Crippen molar-refractivity contribution >= 4 is 11.3 Å². The van der Waals surface area contributed by atoms with Gasteiger partial charge in [0.2, 0.25) is 5.13 Å². The van der Waals surface area contributed by atoms with Crippen molar-refractivity contribution in [1.29, 1.82) is 5.26 Å². The van der Waals surface area contributed by atoms with Gasteiger partial charge < -0.3 is 5.73 Å². The molecule has 17 heavy (non-hydrogen) atoms. The molecule has 0 fully saturated rings. The molecule has 0 unspecified atom stereocenters. The largest absolute Gasteiger partial charge is 0.322 e. The normalized spacial score (nSPS) is 12.4. The van der Waals surface area contributed by atoms with Gasteiger partial charge in [0.05, 0.1) is 12.2 Å². The second-order valence-corrected chi connectivity index (χ2v) is 4.57. The number of hydrogen-bond acceptors (Lipinski definition) is 6. The van der Waals surface area contributed by atoms with Gasteiger partial charge in [-0.25, -0.2) is 9.97 Å². The van der Waals surface area contributed by atoms with Crippen LogP contribution in [0.15, 0.2) is 6.20 Å². The van der Waals surface area contributed by atoms with Crippen LogP contribution in [0.25, 0.3) is 5.13 Å². The molecule has 2 aromatic rings. The highest BCUT2D eigenvalue weighted by molar-refractivity contribution is 7.14. The van der Waals surface area contributed by atoms with E-state index in [4.69, 9.17) is 11.0 Å². The van der Waals surface area contributed by atoms with Crippen LogP contribution in [-0.2, 0) is 6.42 Å². The lowest BCUT2D eigenvalue weighted by molar-refractivity contribution is 0.687. The minimum atomic E-state index is -0.225. The number of thiazole rings is 1. The van der Waals surface area contributed by atoms with Gasteiger partial charge in [-0.2, -0.15) is 9.94 Å². The van der Waals surface area contributed by atoms with Gasteiger partial charge in [-0.15, -0.1) is 5.10 Å². The summed E-state index contributed by atoms with van der Waals surface area (Å²) in [7, 11) is 0. The zero-order valence-corrected chi connectivity index (χ0v) is 10.4.